The third kappa shape index (κ3) is 7.08. The van der Waals surface area contributed by atoms with E-state index in [-0.39, 0.29) is 29.7 Å². The van der Waals surface area contributed by atoms with Gasteiger partial charge in [0.05, 0.1) is 16.2 Å². The van der Waals surface area contributed by atoms with Gasteiger partial charge in [-0.25, -0.2) is 13.1 Å². The third-order valence-corrected chi connectivity index (χ3v) is 6.84. The van der Waals surface area contributed by atoms with Crippen molar-refractivity contribution in [3.05, 3.63) is 48.3 Å². The van der Waals surface area contributed by atoms with Gasteiger partial charge in [0.1, 0.15) is 0 Å². The van der Waals surface area contributed by atoms with Crippen LogP contribution >= 0.6 is 24.0 Å². The molecule has 1 aromatic carbocycles. The lowest BCUT2D eigenvalue weighted by molar-refractivity contribution is 0.559. The van der Waals surface area contributed by atoms with Crippen molar-refractivity contribution in [1.29, 1.82) is 0 Å². The SMILES string of the molecule is CN=C(NCCc1ccc(-n2cccn2)cc1)NCCS(=O)(=O)C(C)(C)C.I. The maximum Gasteiger partial charge on any atom is 0.191 e. The minimum atomic E-state index is -3.14. The van der Waals surface area contributed by atoms with Crippen molar-refractivity contribution in [3.63, 3.8) is 0 Å². The Morgan fingerprint density at radius 1 is 1.14 bits per heavy atom. The Labute approximate surface area is 185 Å². The van der Waals surface area contributed by atoms with E-state index in [4.69, 9.17) is 0 Å². The zero-order valence-electron chi connectivity index (χ0n) is 16.8. The predicted molar refractivity (Wildman–Crippen MR) is 126 cm³/mol. The quantitative estimate of drug-likeness (QED) is 0.333. The van der Waals surface area contributed by atoms with E-state index in [9.17, 15) is 8.42 Å². The van der Waals surface area contributed by atoms with E-state index in [1.165, 1.54) is 5.56 Å². The molecule has 0 fully saturated rings. The standard InChI is InChI=1S/C19H29N5O2S.HI/c1-19(2,3)27(25,26)15-13-22-18(20-4)21-12-10-16-6-8-17(9-7-16)24-14-5-11-23-24;/h5-9,11,14H,10,12-13,15H2,1-4H3,(H2,20,21,22);1H. The third-order valence-electron chi connectivity index (χ3n) is 4.23. The highest BCUT2D eigenvalue weighted by Crippen LogP contribution is 2.15. The van der Waals surface area contributed by atoms with Crippen LogP contribution in [0.4, 0.5) is 0 Å². The van der Waals surface area contributed by atoms with E-state index >= 15 is 0 Å². The molecular formula is C19H30IN5O2S. The van der Waals surface area contributed by atoms with Gasteiger partial charge >= 0.3 is 0 Å². The molecule has 0 bridgehead atoms. The molecule has 0 saturated heterocycles. The maximum absolute atomic E-state index is 12.1. The number of hydrogen-bond acceptors (Lipinski definition) is 4. The van der Waals surface area contributed by atoms with E-state index in [0.29, 0.717) is 19.0 Å². The summed E-state index contributed by atoms with van der Waals surface area (Å²) >= 11 is 0. The summed E-state index contributed by atoms with van der Waals surface area (Å²) in [6, 6.07) is 10.1. The summed E-state index contributed by atoms with van der Waals surface area (Å²) in [6.45, 7) is 6.18. The first kappa shape index (κ1) is 24.4. The Hall–Kier alpha value is -1.62. The molecule has 2 rings (SSSR count). The molecule has 9 heteroatoms. The van der Waals surface area contributed by atoms with Crippen LogP contribution in [0.1, 0.15) is 26.3 Å². The summed E-state index contributed by atoms with van der Waals surface area (Å²) in [7, 11) is -1.47. The number of halogens is 1. The highest BCUT2D eigenvalue weighted by Gasteiger charge is 2.28. The smallest absolute Gasteiger partial charge is 0.191 e. The summed E-state index contributed by atoms with van der Waals surface area (Å²) in [6.07, 6.45) is 4.50. The number of aliphatic imine (C=N–C) groups is 1. The summed E-state index contributed by atoms with van der Waals surface area (Å²) in [5.74, 6) is 0.679. The molecule has 0 saturated carbocycles. The number of nitrogens with one attached hydrogen (secondary N) is 2. The Morgan fingerprint density at radius 3 is 2.32 bits per heavy atom. The molecule has 156 valence electrons. The average Bonchev–Trinajstić information content (AvgIpc) is 3.14. The number of aromatic nitrogens is 2. The second-order valence-electron chi connectivity index (χ2n) is 7.22. The van der Waals surface area contributed by atoms with E-state index in [1.807, 2.05) is 29.1 Å². The van der Waals surface area contributed by atoms with Gasteiger partial charge in [0, 0.05) is 32.5 Å². The van der Waals surface area contributed by atoms with Crippen LogP contribution in [-0.4, -0.2) is 54.8 Å². The van der Waals surface area contributed by atoms with E-state index in [0.717, 1.165) is 12.1 Å². The Morgan fingerprint density at radius 2 is 1.79 bits per heavy atom. The van der Waals surface area contributed by atoms with Crippen LogP contribution in [0.15, 0.2) is 47.7 Å². The summed E-state index contributed by atoms with van der Waals surface area (Å²) in [5, 5.41) is 10.5. The molecule has 2 N–H and O–H groups in total. The molecule has 28 heavy (non-hydrogen) atoms. The van der Waals surface area contributed by atoms with Gasteiger partial charge in [0.25, 0.3) is 0 Å². The second-order valence-corrected chi connectivity index (χ2v) is 10.1. The zero-order valence-corrected chi connectivity index (χ0v) is 20.0. The lowest BCUT2D eigenvalue weighted by Crippen LogP contribution is -2.42. The van der Waals surface area contributed by atoms with E-state index < -0.39 is 14.6 Å². The Kier molecular flexibility index (Phi) is 9.42. The highest BCUT2D eigenvalue weighted by atomic mass is 127. The van der Waals surface area contributed by atoms with Crippen LogP contribution in [0.5, 0.6) is 0 Å². The molecular weight excluding hydrogens is 489 g/mol. The van der Waals surface area contributed by atoms with Gasteiger partial charge in [-0.2, -0.15) is 5.10 Å². The minimum absolute atomic E-state index is 0. The van der Waals surface area contributed by atoms with Crippen molar-refractivity contribution >= 4 is 39.8 Å². The van der Waals surface area contributed by atoms with Gasteiger partial charge in [0.2, 0.25) is 0 Å². The van der Waals surface area contributed by atoms with Gasteiger partial charge in [-0.3, -0.25) is 4.99 Å². The molecule has 0 aliphatic rings. The first-order chi connectivity index (χ1) is 12.7. The summed E-state index contributed by atoms with van der Waals surface area (Å²) in [4.78, 5) is 4.14. The number of sulfone groups is 1. The first-order valence-corrected chi connectivity index (χ1v) is 10.6. The van der Waals surface area contributed by atoms with Crippen LogP contribution < -0.4 is 10.6 Å². The van der Waals surface area contributed by atoms with Gasteiger partial charge in [-0.15, -0.1) is 24.0 Å². The maximum atomic E-state index is 12.1. The lowest BCUT2D eigenvalue weighted by Gasteiger charge is -2.19. The molecule has 0 spiro atoms. The largest absolute Gasteiger partial charge is 0.356 e. The fourth-order valence-corrected chi connectivity index (χ4v) is 3.38. The number of guanidine groups is 1. The van der Waals surface area contributed by atoms with Gasteiger partial charge in [-0.05, 0) is 51.0 Å². The van der Waals surface area contributed by atoms with Crippen molar-refractivity contribution in [1.82, 2.24) is 20.4 Å². The van der Waals surface area contributed by atoms with Crippen molar-refractivity contribution in [3.8, 4) is 5.69 Å². The van der Waals surface area contributed by atoms with Crippen molar-refractivity contribution in [2.45, 2.75) is 31.9 Å². The second kappa shape index (κ2) is 10.8. The summed E-state index contributed by atoms with van der Waals surface area (Å²) < 4.78 is 25.3. The zero-order chi connectivity index (χ0) is 19.9. The normalized spacial score (nSPS) is 12.4. The molecule has 0 aliphatic heterocycles. The molecule has 1 aromatic heterocycles. The topological polar surface area (TPSA) is 88.4 Å². The van der Waals surface area contributed by atoms with Crippen molar-refractivity contribution < 1.29 is 8.42 Å². The van der Waals surface area contributed by atoms with Gasteiger partial charge in [-0.1, -0.05) is 12.1 Å². The van der Waals surface area contributed by atoms with Crippen LogP contribution in [0.2, 0.25) is 0 Å². The molecule has 0 radical (unpaired) electrons. The highest BCUT2D eigenvalue weighted by molar-refractivity contribution is 14.0. The predicted octanol–water partition coefficient (Wildman–Crippen LogP) is 2.41. The molecule has 1 heterocycles. The number of hydrogen-bond donors (Lipinski definition) is 2. The van der Waals surface area contributed by atoms with Crippen LogP contribution in [0.3, 0.4) is 0 Å². The fraction of sp³-hybridized carbons (Fsp3) is 0.474. The van der Waals surface area contributed by atoms with Crippen LogP contribution in [-0.2, 0) is 16.3 Å². The molecule has 0 atom stereocenters. The Bertz CT molecular complexity index is 841. The summed E-state index contributed by atoms with van der Waals surface area (Å²) in [5.41, 5.74) is 2.22. The molecule has 0 amide bonds. The van der Waals surface area contributed by atoms with Crippen molar-refractivity contribution in [2.24, 2.45) is 4.99 Å². The molecule has 2 aromatic rings. The Balaban J connectivity index is 0.00000392. The molecule has 7 nitrogen and oxygen atoms in total. The van der Waals surface area contributed by atoms with Crippen molar-refractivity contribution in [2.75, 3.05) is 25.9 Å². The minimum Gasteiger partial charge on any atom is -0.356 e. The monoisotopic (exact) mass is 519 g/mol. The average molecular weight is 519 g/mol. The van der Waals surface area contributed by atoms with E-state index in [1.54, 1.807) is 34.0 Å². The number of rotatable bonds is 7. The first-order valence-electron chi connectivity index (χ1n) is 8.99. The van der Waals surface area contributed by atoms with Crippen LogP contribution in [0.25, 0.3) is 5.69 Å². The van der Waals surface area contributed by atoms with Gasteiger partial charge in [0.15, 0.2) is 15.8 Å². The fourth-order valence-electron chi connectivity index (χ4n) is 2.39. The number of benzene rings is 1. The lowest BCUT2D eigenvalue weighted by atomic mass is 10.1. The van der Waals surface area contributed by atoms with Crippen LogP contribution in [0, 0.1) is 0 Å². The molecule has 0 aliphatic carbocycles. The van der Waals surface area contributed by atoms with Gasteiger partial charge < -0.3 is 10.6 Å². The molecule has 0 unspecified atom stereocenters. The number of nitrogens with zero attached hydrogens (tertiary/aromatic N) is 3. The van der Waals surface area contributed by atoms with E-state index in [2.05, 4.69) is 32.9 Å².